The normalized spacial score (nSPS) is 26.2. The van der Waals surface area contributed by atoms with Crippen molar-refractivity contribution in [3.8, 4) is 5.75 Å². The molecule has 6 heteroatoms. The standard InChI is InChI=1S/C18H20N2O3S/c1-12-4-7-16(24-12)18(21)20-9-10-22-17-14(20)5-6-15(17)23-13-3-2-8-19-11-13/h2-4,7-8,11,14-15,17H,5-6,9-10H2,1H3/t14-,15-,17+/m1/s1. The molecule has 1 amide bonds. The van der Waals surface area contributed by atoms with Crippen LogP contribution in [0.2, 0.25) is 0 Å². The lowest BCUT2D eigenvalue weighted by molar-refractivity contribution is -0.0785. The second-order valence-electron chi connectivity index (χ2n) is 6.23. The molecular weight excluding hydrogens is 324 g/mol. The first-order chi connectivity index (χ1) is 11.7. The number of ether oxygens (including phenoxy) is 2. The Kier molecular flexibility index (Phi) is 4.24. The highest BCUT2D eigenvalue weighted by Gasteiger charge is 2.46. The number of aromatic nitrogens is 1. The van der Waals surface area contributed by atoms with Crippen LogP contribution in [0.4, 0.5) is 0 Å². The summed E-state index contributed by atoms with van der Waals surface area (Å²) >= 11 is 1.56. The topological polar surface area (TPSA) is 51.7 Å². The number of amides is 1. The first kappa shape index (κ1) is 15.6. The second kappa shape index (κ2) is 6.53. The molecule has 0 spiro atoms. The molecule has 24 heavy (non-hydrogen) atoms. The van der Waals surface area contributed by atoms with Crippen LogP contribution in [0.15, 0.2) is 36.7 Å². The Bertz CT molecular complexity index is 718. The molecule has 0 bridgehead atoms. The Labute approximate surface area is 145 Å². The molecule has 1 aliphatic carbocycles. The maximum atomic E-state index is 12.9. The van der Waals surface area contributed by atoms with Crippen molar-refractivity contribution in [2.75, 3.05) is 13.2 Å². The molecule has 0 radical (unpaired) electrons. The maximum absolute atomic E-state index is 12.9. The summed E-state index contributed by atoms with van der Waals surface area (Å²) in [5.41, 5.74) is 0. The lowest BCUT2D eigenvalue weighted by Gasteiger charge is -2.38. The molecule has 1 saturated heterocycles. The lowest BCUT2D eigenvalue weighted by Crippen LogP contribution is -2.54. The summed E-state index contributed by atoms with van der Waals surface area (Å²) < 4.78 is 12.0. The second-order valence-corrected chi connectivity index (χ2v) is 7.52. The van der Waals surface area contributed by atoms with E-state index in [1.165, 1.54) is 0 Å². The minimum absolute atomic E-state index is 0.0279. The smallest absolute Gasteiger partial charge is 0.264 e. The zero-order valence-electron chi connectivity index (χ0n) is 13.6. The van der Waals surface area contributed by atoms with E-state index in [0.717, 1.165) is 28.3 Å². The van der Waals surface area contributed by atoms with Gasteiger partial charge in [0.2, 0.25) is 0 Å². The van der Waals surface area contributed by atoms with E-state index in [4.69, 9.17) is 9.47 Å². The Morgan fingerprint density at radius 3 is 3.04 bits per heavy atom. The van der Waals surface area contributed by atoms with E-state index < -0.39 is 0 Å². The summed E-state index contributed by atoms with van der Waals surface area (Å²) in [4.78, 5) is 20.9. The van der Waals surface area contributed by atoms with Gasteiger partial charge in [0.05, 0.1) is 23.7 Å². The molecule has 1 saturated carbocycles. The van der Waals surface area contributed by atoms with Crippen LogP contribution in [0.1, 0.15) is 27.4 Å². The first-order valence-corrected chi connectivity index (χ1v) is 9.10. The van der Waals surface area contributed by atoms with Crippen LogP contribution in [0.25, 0.3) is 0 Å². The zero-order valence-corrected chi connectivity index (χ0v) is 14.4. The monoisotopic (exact) mass is 344 g/mol. The quantitative estimate of drug-likeness (QED) is 0.859. The van der Waals surface area contributed by atoms with Crippen molar-refractivity contribution in [1.29, 1.82) is 0 Å². The number of carbonyl (C=O) groups excluding carboxylic acids is 1. The summed E-state index contributed by atoms with van der Waals surface area (Å²) in [5.74, 6) is 0.873. The third-order valence-electron chi connectivity index (χ3n) is 4.67. The number of hydrogen-bond donors (Lipinski definition) is 0. The third kappa shape index (κ3) is 2.91. The van der Waals surface area contributed by atoms with Crippen molar-refractivity contribution < 1.29 is 14.3 Å². The van der Waals surface area contributed by atoms with Crippen molar-refractivity contribution in [2.24, 2.45) is 0 Å². The largest absolute Gasteiger partial charge is 0.486 e. The highest BCUT2D eigenvalue weighted by Crippen LogP contribution is 2.34. The van der Waals surface area contributed by atoms with Crippen LogP contribution in [0, 0.1) is 6.92 Å². The van der Waals surface area contributed by atoms with Gasteiger partial charge in [-0.25, -0.2) is 0 Å². The number of rotatable bonds is 3. The zero-order chi connectivity index (χ0) is 16.5. The number of pyridine rings is 1. The Morgan fingerprint density at radius 2 is 2.29 bits per heavy atom. The average molecular weight is 344 g/mol. The van der Waals surface area contributed by atoms with Crippen LogP contribution in [0.5, 0.6) is 5.75 Å². The van der Waals surface area contributed by atoms with Crippen molar-refractivity contribution in [3.05, 3.63) is 46.4 Å². The molecule has 3 heterocycles. The van der Waals surface area contributed by atoms with E-state index >= 15 is 0 Å². The molecule has 5 nitrogen and oxygen atoms in total. The van der Waals surface area contributed by atoms with E-state index in [9.17, 15) is 4.79 Å². The highest BCUT2D eigenvalue weighted by molar-refractivity contribution is 7.13. The fraction of sp³-hybridized carbons (Fsp3) is 0.444. The predicted molar refractivity (Wildman–Crippen MR) is 91.5 cm³/mol. The maximum Gasteiger partial charge on any atom is 0.264 e. The van der Waals surface area contributed by atoms with Gasteiger partial charge in [0, 0.05) is 17.6 Å². The van der Waals surface area contributed by atoms with Gasteiger partial charge in [-0.2, -0.15) is 0 Å². The van der Waals surface area contributed by atoms with Crippen LogP contribution in [0.3, 0.4) is 0 Å². The van der Waals surface area contributed by atoms with Crippen molar-refractivity contribution in [2.45, 2.75) is 38.0 Å². The summed E-state index contributed by atoms with van der Waals surface area (Å²) in [5, 5.41) is 0. The number of thiophene rings is 1. The fourth-order valence-corrected chi connectivity index (χ4v) is 4.40. The number of aryl methyl sites for hydroxylation is 1. The molecule has 0 unspecified atom stereocenters. The van der Waals surface area contributed by atoms with Gasteiger partial charge in [-0.05, 0) is 44.0 Å². The van der Waals surface area contributed by atoms with Gasteiger partial charge in [0.15, 0.2) is 0 Å². The predicted octanol–water partition coefficient (Wildman–Crippen LogP) is 2.90. The van der Waals surface area contributed by atoms with Gasteiger partial charge >= 0.3 is 0 Å². The molecule has 0 N–H and O–H groups in total. The minimum Gasteiger partial charge on any atom is -0.486 e. The van der Waals surface area contributed by atoms with Gasteiger partial charge in [-0.3, -0.25) is 9.78 Å². The van der Waals surface area contributed by atoms with Crippen molar-refractivity contribution in [3.63, 3.8) is 0 Å². The molecule has 126 valence electrons. The molecule has 4 rings (SSSR count). The van der Waals surface area contributed by atoms with E-state index in [0.29, 0.717) is 13.2 Å². The number of carbonyl (C=O) groups is 1. The minimum atomic E-state index is -0.0658. The van der Waals surface area contributed by atoms with Crippen molar-refractivity contribution in [1.82, 2.24) is 9.88 Å². The number of morpholine rings is 1. The third-order valence-corrected chi connectivity index (χ3v) is 5.66. The molecule has 2 aromatic rings. The lowest BCUT2D eigenvalue weighted by atomic mass is 10.1. The average Bonchev–Trinajstić information content (AvgIpc) is 3.22. The van der Waals surface area contributed by atoms with E-state index in [1.54, 1.807) is 23.7 Å². The molecule has 1 aliphatic heterocycles. The number of hydrogen-bond acceptors (Lipinski definition) is 5. The molecule has 2 aromatic heterocycles. The number of nitrogens with zero attached hydrogens (tertiary/aromatic N) is 2. The Balaban J connectivity index is 1.49. The number of fused-ring (bicyclic) bond motifs is 1. The van der Waals surface area contributed by atoms with Gasteiger partial charge in [0.25, 0.3) is 5.91 Å². The van der Waals surface area contributed by atoms with Gasteiger partial charge in [-0.1, -0.05) is 0 Å². The Hall–Kier alpha value is -1.92. The Morgan fingerprint density at radius 1 is 1.38 bits per heavy atom. The molecule has 2 aliphatic rings. The van der Waals surface area contributed by atoms with Crippen LogP contribution in [-0.4, -0.2) is 47.2 Å². The van der Waals surface area contributed by atoms with Crippen molar-refractivity contribution >= 4 is 17.2 Å². The SMILES string of the molecule is Cc1ccc(C(=O)N2CCO[C@H]3[C@H]2CC[C@H]3Oc2cccnc2)s1. The van der Waals surface area contributed by atoms with Crippen LogP contribution >= 0.6 is 11.3 Å². The first-order valence-electron chi connectivity index (χ1n) is 8.28. The molecule has 2 fully saturated rings. The van der Waals surface area contributed by atoms with Gasteiger partial charge in [-0.15, -0.1) is 11.3 Å². The summed E-state index contributed by atoms with van der Waals surface area (Å²) in [6.45, 7) is 3.23. The molecule has 3 atom stereocenters. The van der Waals surface area contributed by atoms with E-state index in [2.05, 4.69) is 4.98 Å². The highest BCUT2D eigenvalue weighted by atomic mass is 32.1. The van der Waals surface area contributed by atoms with Crippen LogP contribution < -0.4 is 4.74 Å². The van der Waals surface area contributed by atoms with Crippen LogP contribution in [-0.2, 0) is 4.74 Å². The molecular formula is C18H20N2O3S. The van der Waals surface area contributed by atoms with Gasteiger partial charge in [0.1, 0.15) is 18.0 Å². The summed E-state index contributed by atoms with van der Waals surface area (Å²) in [6.07, 6.45) is 5.14. The van der Waals surface area contributed by atoms with E-state index in [1.807, 2.05) is 36.1 Å². The summed E-state index contributed by atoms with van der Waals surface area (Å²) in [7, 11) is 0. The van der Waals surface area contributed by atoms with E-state index in [-0.39, 0.29) is 24.2 Å². The fourth-order valence-electron chi connectivity index (χ4n) is 3.58. The van der Waals surface area contributed by atoms with Gasteiger partial charge < -0.3 is 14.4 Å². The molecule has 0 aromatic carbocycles. The summed E-state index contributed by atoms with van der Waals surface area (Å²) in [6, 6.07) is 7.78.